The molecule has 1 amide bonds. The zero-order valence-electron chi connectivity index (χ0n) is 11.0. The van der Waals surface area contributed by atoms with E-state index in [1.807, 2.05) is 6.92 Å². The smallest absolute Gasteiger partial charge is 0.303 e. The maximum atomic E-state index is 11.9. The molecule has 0 spiro atoms. The molecule has 2 aliphatic rings. The SMILES string of the molecule is CC(CCC(=O)O)NC(=O)CC1CC2CCC1C2. The van der Waals surface area contributed by atoms with E-state index >= 15 is 0 Å². The van der Waals surface area contributed by atoms with E-state index in [1.54, 1.807) is 0 Å². The molecular weight excluding hydrogens is 230 g/mol. The predicted octanol–water partition coefficient (Wildman–Crippen LogP) is 2.18. The maximum absolute atomic E-state index is 11.9. The van der Waals surface area contributed by atoms with Gasteiger partial charge < -0.3 is 10.4 Å². The van der Waals surface area contributed by atoms with Gasteiger partial charge in [0, 0.05) is 18.9 Å². The number of carbonyl (C=O) groups excluding carboxylic acids is 1. The first-order chi connectivity index (χ1) is 8.54. The van der Waals surface area contributed by atoms with Crippen LogP contribution in [-0.4, -0.2) is 23.0 Å². The Morgan fingerprint density at radius 1 is 1.33 bits per heavy atom. The molecule has 0 saturated heterocycles. The normalized spacial score (nSPS) is 31.3. The number of carbonyl (C=O) groups is 2. The molecule has 2 aliphatic carbocycles. The quantitative estimate of drug-likeness (QED) is 0.762. The van der Waals surface area contributed by atoms with Gasteiger partial charge >= 0.3 is 5.97 Å². The number of amides is 1. The van der Waals surface area contributed by atoms with Crippen molar-refractivity contribution in [3.05, 3.63) is 0 Å². The Morgan fingerprint density at radius 2 is 2.11 bits per heavy atom. The first-order valence-corrected chi connectivity index (χ1v) is 7.05. The van der Waals surface area contributed by atoms with E-state index in [-0.39, 0.29) is 18.4 Å². The van der Waals surface area contributed by atoms with Crippen molar-refractivity contribution in [3.63, 3.8) is 0 Å². The van der Waals surface area contributed by atoms with Gasteiger partial charge in [0.05, 0.1) is 0 Å². The summed E-state index contributed by atoms with van der Waals surface area (Å²) in [6, 6.07) is -0.0350. The Bertz CT molecular complexity index is 329. The maximum Gasteiger partial charge on any atom is 0.303 e. The molecule has 18 heavy (non-hydrogen) atoms. The molecule has 0 aromatic carbocycles. The molecule has 2 rings (SSSR count). The number of hydrogen-bond donors (Lipinski definition) is 2. The Kier molecular flexibility index (Phi) is 4.25. The van der Waals surface area contributed by atoms with Gasteiger partial charge in [0.15, 0.2) is 0 Å². The number of fused-ring (bicyclic) bond motifs is 2. The molecule has 2 N–H and O–H groups in total. The summed E-state index contributed by atoms with van der Waals surface area (Å²) in [4.78, 5) is 22.3. The van der Waals surface area contributed by atoms with Crippen LogP contribution in [0.25, 0.3) is 0 Å². The lowest BCUT2D eigenvalue weighted by Crippen LogP contribution is -2.34. The zero-order chi connectivity index (χ0) is 13.1. The third-order valence-corrected chi connectivity index (χ3v) is 4.53. The van der Waals surface area contributed by atoms with Gasteiger partial charge in [0.25, 0.3) is 0 Å². The van der Waals surface area contributed by atoms with Crippen molar-refractivity contribution in [1.82, 2.24) is 5.32 Å². The summed E-state index contributed by atoms with van der Waals surface area (Å²) in [5.74, 6) is 1.53. The van der Waals surface area contributed by atoms with Gasteiger partial charge in [-0.3, -0.25) is 9.59 Å². The van der Waals surface area contributed by atoms with Crippen LogP contribution in [0.5, 0.6) is 0 Å². The first kappa shape index (κ1) is 13.4. The molecule has 4 heteroatoms. The molecular formula is C14H23NO3. The minimum absolute atomic E-state index is 0.0350. The van der Waals surface area contributed by atoms with E-state index in [4.69, 9.17) is 5.11 Å². The van der Waals surface area contributed by atoms with Crippen LogP contribution in [0.4, 0.5) is 0 Å². The Morgan fingerprint density at radius 3 is 2.67 bits per heavy atom. The number of nitrogens with one attached hydrogen (secondary N) is 1. The number of rotatable bonds is 6. The number of hydrogen-bond acceptors (Lipinski definition) is 2. The molecule has 4 unspecified atom stereocenters. The van der Waals surface area contributed by atoms with E-state index in [9.17, 15) is 9.59 Å². The van der Waals surface area contributed by atoms with E-state index in [2.05, 4.69) is 5.32 Å². The van der Waals surface area contributed by atoms with Crippen molar-refractivity contribution in [2.24, 2.45) is 17.8 Å². The molecule has 2 fully saturated rings. The van der Waals surface area contributed by atoms with Gasteiger partial charge in [-0.15, -0.1) is 0 Å². The summed E-state index contributed by atoms with van der Waals surface area (Å²) in [7, 11) is 0. The highest BCUT2D eigenvalue weighted by Gasteiger charge is 2.40. The number of carboxylic acid groups (broad SMARTS) is 1. The van der Waals surface area contributed by atoms with Crippen molar-refractivity contribution < 1.29 is 14.7 Å². The lowest BCUT2D eigenvalue weighted by atomic mass is 9.86. The van der Waals surface area contributed by atoms with Crippen LogP contribution in [0.15, 0.2) is 0 Å². The van der Waals surface area contributed by atoms with E-state index < -0.39 is 5.97 Å². The lowest BCUT2D eigenvalue weighted by Gasteiger charge is -2.22. The molecule has 0 aromatic heterocycles. The fourth-order valence-corrected chi connectivity index (χ4v) is 3.61. The summed E-state index contributed by atoms with van der Waals surface area (Å²) in [5, 5.41) is 11.5. The molecule has 102 valence electrons. The standard InChI is InChI=1S/C14H23NO3/c1-9(2-5-14(17)18)15-13(16)8-12-7-10-3-4-11(12)6-10/h9-12H,2-8H2,1H3,(H,15,16)(H,17,18). The fourth-order valence-electron chi connectivity index (χ4n) is 3.61. The zero-order valence-corrected chi connectivity index (χ0v) is 11.0. The molecule has 0 aromatic rings. The first-order valence-electron chi connectivity index (χ1n) is 7.05. The summed E-state index contributed by atoms with van der Waals surface area (Å²) >= 11 is 0. The predicted molar refractivity (Wildman–Crippen MR) is 68.0 cm³/mol. The van der Waals surface area contributed by atoms with Gasteiger partial charge in [-0.2, -0.15) is 0 Å². The Labute approximate surface area is 108 Å². The number of carboxylic acids is 1. The third kappa shape index (κ3) is 3.47. The summed E-state index contributed by atoms with van der Waals surface area (Å²) in [6.07, 6.45) is 6.48. The van der Waals surface area contributed by atoms with Crippen molar-refractivity contribution in [2.45, 2.75) is 57.9 Å². The van der Waals surface area contributed by atoms with E-state index in [1.165, 1.54) is 25.7 Å². The minimum Gasteiger partial charge on any atom is -0.481 e. The minimum atomic E-state index is -0.802. The largest absolute Gasteiger partial charge is 0.481 e. The average molecular weight is 253 g/mol. The highest BCUT2D eigenvalue weighted by molar-refractivity contribution is 5.76. The third-order valence-electron chi connectivity index (χ3n) is 4.53. The fraction of sp³-hybridized carbons (Fsp3) is 0.857. The second kappa shape index (κ2) is 5.72. The summed E-state index contributed by atoms with van der Waals surface area (Å²) in [6.45, 7) is 1.88. The summed E-state index contributed by atoms with van der Waals surface area (Å²) in [5.41, 5.74) is 0. The summed E-state index contributed by atoms with van der Waals surface area (Å²) < 4.78 is 0. The molecule has 4 atom stereocenters. The second-order valence-corrected chi connectivity index (χ2v) is 6.04. The van der Waals surface area contributed by atoms with Gasteiger partial charge in [-0.25, -0.2) is 0 Å². The van der Waals surface area contributed by atoms with Crippen molar-refractivity contribution in [1.29, 1.82) is 0 Å². The molecule has 0 aliphatic heterocycles. The van der Waals surface area contributed by atoms with Crippen LogP contribution in [-0.2, 0) is 9.59 Å². The highest BCUT2D eigenvalue weighted by atomic mass is 16.4. The van der Waals surface area contributed by atoms with E-state index in [0.29, 0.717) is 18.8 Å². The van der Waals surface area contributed by atoms with Crippen LogP contribution in [0, 0.1) is 17.8 Å². The average Bonchev–Trinajstić information content (AvgIpc) is 2.87. The number of aliphatic carboxylic acids is 1. The monoisotopic (exact) mass is 253 g/mol. The van der Waals surface area contributed by atoms with Crippen LogP contribution in [0.2, 0.25) is 0 Å². The lowest BCUT2D eigenvalue weighted by molar-refractivity contribution is -0.137. The molecule has 4 nitrogen and oxygen atoms in total. The molecule has 2 bridgehead atoms. The topological polar surface area (TPSA) is 66.4 Å². The van der Waals surface area contributed by atoms with Crippen LogP contribution in [0.3, 0.4) is 0 Å². The molecule has 0 radical (unpaired) electrons. The Hall–Kier alpha value is -1.06. The highest BCUT2D eigenvalue weighted by Crippen LogP contribution is 2.49. The van der Waals surface area contributed by atoms with Crippen molar-refractivity contribution in [2.75, 3.05) is 0 Å². The van der Waals surface area contributed by atoms with Crippen molar-refractivity contribution >= 4 is 11.9 Å². The van der Waals surface area contributed by atoms with Crippen molar-refractivity contribution in [3.8, 4) is 0 Å². The Balaban J connectivity index is 1.67. The molecule has 2 saturated carbocycles. The van der Waals surface area contributed by atoms with E-state index in [0.717, 1.165) is 11.8 Å². The van der Waals surface area contributed by atoms with Gasteiger partial charge in [-0.1, -0.05) is 6.42 Å². The van der Waals surface area contributed by atoms with Crippen LogP contribution >= 0.6 is 0 Å². The molecule has 0 heterocycles. The van der Waals surface area contributed by atoms with Gasteiger partial charge in [0.1, 0.15) is 0 Å². The van der Waals surface area contributed by atoms with Crippen LogP contribution in [0.1, 0.15) is 51.9 Å². The second-order valence-electron chi connectivity index (χ2n) is 6.04. The van der Waals surface area contributed by atoms with Gasteiger partial charge in [0.2, 0.25) is 5.91 Å². The van der Waals surface area contributed by atoms with Gasteiger partial charge in [-0.05, 0) is 50.4 Å². The van der Waals surface area contributed by atoms with Crippen LogP contribution < -0.4 is 5.32 Å².